The molecule has 2 amide bonds. The molecule has 0 radical (unpaired) electrons. The van der Waals surface area contributed by atoms with Crippen LogP contribution in [-0.4, -0.2) is 49.6 Å². The molecular weight excluding hydrogens is 322 g/mol. The Hall–Kier alpha value is -2.97. The van der Waals surface area contributed by atoms with E-state index in [4.69, 9.17) is 0 Å². The summed E-state index contributed by atoms with van der Waals surface area (Å²) < 4.78 is 2.06. The Kier molecular flexibility index (Phi) is 4.92. The summed E-state index contributed by atoms with van der Waals surface area (Å²) in [6, 6.07) is 3.77. The highest BCUT2D eigenvalue weighted by molar-refractivity contribution is 5.83. The largest absolute Gasteiger partial charge is 0.363 e. The quantitative estimate of drug-likeness (QED) is 0.796. The number of carbonyl (C=O) groups is 2. The first kappa shape index (κ1) is 16.9. The Bertz CT molecular complexity index is 769. The lowest BCUT2D eigenvalue weighted by Crippen LogP contribution is -2.43. The monoisotopic (exact) mass is 343 g/mol. The van der Waals surface area contributed by atoms with Gasteiger partial charge in [0.1, 0.15) is 11.6 Å². The zero-order valence-electron chi connectivity index (χ0n) is 14.3. The molecule has 25 heavy (non-hydrogen) atoms. The number of hydrogen-bond acceptors (Lipinski definition) is 6. The Morgan fingerprint density at radius 1 is 1.24 bits per heavy atom. The Morgan fingerprint density at radius 2 is 2.08 bits per heavy atom. The predicted molar refractivity (Wildman–Crippen MR) is 90.4 cm³/mol. The van der Waals surface area contributed by atoms with Crippen LogP contribution in [0.4, 0.5) is 5.82 Å². The fraction of sp³-hybridized carbons (Fsp3) is 0.438. The van der Waals surface area contributed by atoms with Crippen LogP contribution in [0, 0.1) is 6.92 Å². The number of imidazole rings is 1. The molecule has 9 heteroatoms. The fourth-order valence-corrected chi connectivity index (χ4v) is 2.60. The van der Waals surface area contributed by atoms with Crippen molar-refractivity contribution >= 4 is 17.6 Å². The van der Waals surface area contributed by atoms with Crippen molar-refractivity contribution in [2.75, 3.05) is 18.4 Å². The summed E-state index contributed by atoms with van der Waals surface area (Å²) in [5.41, 5.74) is 1.75. The molecule has 0 atom stereocenters. The van der Waals surface area contributed by atoms with E-state index in [1.165, 1.54) is 6.92 Å². The third-order valence-corrected chi connectivity index (χ3v) is 3.94. The first-order valence-electron chi connectivity index (χ1n) is 8.12. The molecule has 2 aromatic rings. The Labute approximate surface area is 145 Å². The first-order valence-corrected chi connectivity index (χ1v) is 8.12. The molecule has 3 rings (SSSR count). The van der Waals surface area contributed by atoms with Crippen LogP contribution in [0.2, 0.25) is 0 Å². The van der Waals surface area contributed by atoms with Crippen LogP contribution in [0.15, 0.2) is 18.3 Å². The van der Waals surface area contributed by atoms with Gasteiger partial charge in [-0.15, -0.1) is 5.10 Å². The number of fused-ring (bicyclic) bond motifs is 1. The molecule has 0 saturated heterocycles. The molecule has 0 aromatic carbocycles. The van der Waals surface area contributed by atoms with Gasteiger partial charge in [0, 0.05) is 26.2 Å². The average Bonchev–Trinajstić information content (AvgIpc) is 3.01. The summed E-state index contributed by atoms with van der Waals surface area (Å²) in [6.07, 6.45) is 1.99. The van der Waals surface area contributed by atoms with E-state index in [0.717, 1.165) is 17.2 Å². The lowest BCUT2D eigenvalue weighted by Gasteiger charge is -2.27. The third-order valence-electron chi connectivity index (χ3n) is 3.94. The minimum absolute atomic E-state index is 0.0244. The highest BCUT2D eigenvalue weighted by atomic mass is 16.2. The second kappa shape index (κ2) is 7.29. The molecule has 0 bridgehead atoms. The SMILES string of the molecule is CC(=O)NCC(=O)N1CCn2cc(CNc3ccc(C)nn3)nc2C1. The number of aromatic nitrogens is 4. The summed E-state index contributed by atoms with van der Waals surface area (Å²) in [5.74, 6) is 1.23. The maximum atomic E-state index is 12.1. The molecule has 2 N–H and O–H groups in total. The standard InChI is InChI=1S/C16H21N7O2/c1-11-3-4-14(21-20-11)18-7-13-9-22-5-6-23(10-15(22)19-13)16(25)8-17-12(2)24/h3-4,9H,5-8,10H2,1-2H3,(H,17,24)(H,18,21). The summed E-state index contributed by atoms with van der Waals surface area (Å²) in [5, 5.41) is 13.8. The normalized spacial score (nSPS) is 13.3. The van der Waals surface area contributed by atoms with E-state index in [2.05, 4.69) is 30.4 Å². The summed E-state index contributed by atoms with van der Waals surface area (Å²) in [4.78, 5) is 29.3. The van der Waals surface area contributed by atoms with E-state index >= 15 is 0 Å². The average molecular weight is 343 g/mol. The molecule has 0 saturated carbocycles. The number of amides is 2. The Balaban J connectivity index is 1.57. The molecule has 132 valence electrons. The molecule has 1 aliphatic heterocycles. The van der Waals surface area contributed by atoms with Gasteiger partial charge in [-0.25, -0.2) is 4.98 Å². The highest BCUT2D eigenvalue weighted by Crippen LogP contribution is 2.14. The van der Waals surface area contributed by atoms with Gasteiger partial charge in [0.2, 0.25) is 11.8 Å². The van der Waals surface area contributed by atoms with Crippen molar-refractivity contribution in [2.45, 2.75) is 33.5 Å². The highest BCUT2D eigenvalue weighted by Gasteiger charge is 2.22. The first-order chi connectivity index (χ1) is 12.0. The molecule has 0 spiro atoms. The second-order valence-electron chi connectivity index (χ2n) is 5.98. The van der Waals surface area contributed by atoms with Crippen LogP contribution in [0.25, 0.3) is 0 Å². The van der Waals surface area contributed by atoms with E-state index in [9.17, 15) is 9.59 Å². The van der Waals surface area contributed by atoms with Gasteiger partial charge in [-0.1, -0.05) is 0 Å². The van der Waals surface area contributed by atoms with Gasteiger partial charge in [-0.3, -0.25) is 9.59 Å². The van der Waals surface area contributed by atoms with Gasteiger partial charge in [-0.2, -0.15) is 5.10 Å². The predicted octanol–water partition coefficient (Wildman–Crippen LogP) is 0.0719. The number of hydrogen-bond donors (Lipinski definition) is 2. The maximum absolute atomic E-state index is 12.1. The van der Waals surface area contributed by atoms with Crippen LogP contribution >= 0.6 is 0 Å². The van der Waals surface area contributed by atoms with Crippen LogP contribution in [0.1, 0.15) is 24.1 Å². The van der Waals surface area contributed by atoms with Gasteiger partial charge in [0.05, 0.1) is 31.0 Å². The number of nitrogens with zero attached hydrogens (tertiary/aromatic N) is 5. The lowest BCUT2D eigenvalue weighted by molar-refractivity contribution is -0.133. The van der Waals surface area contributed by atoms with E-state index in [1.54, 1.807) is 4.90 Å². The number of carbonyl (C=O) groups excluding carboxylic acids is 2. The molecular formula is C16H21N7O2. The zero-order chi connectivity index (χ0) is 17.8. The van der Waals surface area contributed by atoms with E-state index in [0.29, 0.717) is 32.0 Å². The van der Waals surface area contributed by atoms with Crippen molar-refractivity contribution in [3.63, 3.8) is 0 Å². The summed E-state index contributed by atoms with van der Waals surface area (Å²) in [6.45, 7) is 5.60. The topological polar surface area (TPSA) is 105 Å². The lowest BCUT2D eigenvalue weighted by atomic mass is 10.3. The summed E-state index contributed by atoms with van der Waals surface area (Å²) >= 11 is 0. The zero-order valence-corrected chi connectivity index (χ0v) is 14.3. The molecule has 0 unspecified atom stereocenters. The van der Waals surface area contributed by atoms with Gasteiger partial charge in [-0.05, 0) is 19.1 Å². The van der Waals surface area contributed by atoms with E-state index < -0.39 is 0 Å². The third kappa shape index (κ3) is 4.31. The van der Waals surface area contributed by atoms with Crippen LogP contribution < -0.4 is 10.6 Å². The van der Waals surface area contributed by atoms with E-state index in [1.807, 2.05) is 25.3 Å². The molecule has 0 aliphatic carbocycles. The van der Waals surface area contributed by atoms with Crippen molar-refractivity contribution in [1.82, 2.24) is 30.0 Å². The van der Waals surface area contributed by atoms with Crippen molar-refractivity contribution < 1.29 is 9.59 Å². The van der Waals surface area contributed by atoms with E-state index in [-0.39, 0.29) is 18.4 Å². The molecule has 2 aromatic heterocycles. The second-order valence-corrected chi connectivity index (χ2v) is 5.98. The Morgan fingerprint density at radius 3 is 2.80 bits per heavy atom. The number of nitrogens with one attached hydrogen (secondary N) is 2. The molecule has 9 nitrogen and oxygen atoms in total. The maximum Gasteiger partial charge on any atom is 0.242 e. The molecule has 1 aliphatic rings. The van der Waals surface area contributed by atoms with Gasteiger partial charge >= 0.3 is 0 Å². The number of rotatable bonds is 5. The van der Waals surface area contributed by atoms with Crippen molar-refractivity contribution in [3.05, 3.63) is 35.5 Å². The van der Waals surface area contributed by atoms with Gasteiger partial charge < -0.3 is 20.1 Å². The van der Waals surface area contributed by atoms with Crippen LogP contribution in [0.3, 0.4) is 0 Å². The molecule has 0 fully saturated rings. The fourth-order valence-electron chi connectivity index (χ4n) is 2.60. The minimum atomic E-state index is -0.209. The smallest absolute Gasteiger partial charge is 0.242 e. The number of anilines is 1. The van der Waals surface area contributed by atoms with Crippen molar-refractivity contribution in [2.24, 2.45) is 0 Å². The number of aryl methyl sites for hydroxylation is 1. The van der Waals surface area contributed by atoms with Crippen molar-refractivity contribution in [3.8, 4) is 0 Å². The summed E-state index contributed by atoms with van der Waals surface area (Å²) in [7, 11) is 0. The van der Waals surface area contributed by atoms with Crippen LogP contribution in [-0.2, 0) is 29.2 Å². The minimum Gasteiger partial charge on any atom is -0.363 e. The van der Waals surface area contributed by atoms with Gasteiger partial charge in [0.15, 0.2) is 0 Å². The van der Waals surface area contributed by atoms with Crippen molar-refractivity contribution in [1.29, 1.82) is 0 Å². The molecule has 3 heterocycles. The van der Waals surface area contributed by atoms with Gasteiger partial charge in [0.25, 0.3) is 0 Å². The van der Waals surface area contributed by atoms with Crippen LogP contribution in [0.5, 0.6) is 0 Å².